The summed E-state index contributed by atoms with van der Waals surface area (Å²) in [5.74, 6) is 2.30. The molecule has 2 nitrogen and oxygen atoms in total. The first-order valence-electron chi connectivity index (χ1n) is 5.75. The van der Waals surface area contributed by atoms with Crippen molar-refractivity contribution in [2.24, 2.45) is 17.8 Å². The Bertz CT molecular complexity index is 154. The quantitative estimate of drug-likeness (QED) is 0.649. The first kappa shape index (κ1) is 12.0. The summed E-state index contributed by atoms with van der Waals surface area (Å²) in [4.78, 5) is 0. The van der Waals surface area contributed by atoms with Gasteiger partial charge in [-0.05, 0) is 37.0 Å². The number of ether oxygens (including phenoxy) is 2. The topological polar surface area (TPSA) is 18.5 Å². The van der Waals surface area contributed by atoms with E-state index < -0.39 is 0 Å². The monoisotopic (exact) mass is 200 g/mol. The molecule has 1 aliphatic rings. The van der Waals surface area contributed by atoms with Crippen LogP contribution in [0.25, 0.3) is 0 Å². The van der Waals surface area contributed by atoms with Gasteiger partial charge in [-0.1, -0.05) is 20.8 Å². The first-order chi connectivity index (χ1) is 6.65. The Morgan fingerprint density at radius 3 is 2.57 bits per heavy atom. The van der Waals surface area contributed by atoms with Crippen LogP contribution in [-0.2, 0) is 9.47 Å². The minimum Gasteiger partial charge on any atom is -0.359 e. The van der Waals surface area contributed by atoms with Gasteiger partial charge in [-0.25, -0.2) is 0 Å². The van der Waals surface area contributed by atoms with Gasteiger partial charge in [0.05, 0.1) is 6.10 Å². The largest absolute Gasteiger partial charge is 0.359 e. The second kappa shape index (κ2) is 5.72. The van der Waals surface area contributed by atoms with E-state index in [4.69, 9.17) is 9.47 Å². The highest BCUT2D eigenvalue weighted by Crippen LogP contribution is 2.35. The summed E-state index contributed by atoms with van der Waals surface area (Å²) >= 11 is 0. The van der Waals surface area contributed by atoms with E-state index in [0.717, 1.165) is 11.8 Å². The van der Waals surface area contributed by atoms with Crippen LogP contribution in [0.3, 0.4) is 0 Å². The van der Waals surface area contributed by atoms with Crippen LogP contribution in [0.5, 0.6) is 0 Å². The number of hydrogen-bond acceptors (Lipinski definition) is 2. The number of rotatable bonds is 4. The highest BCUT2D eigenvalue weighted by molar-refractivity contribution is 4.81. The molecule has 0 aromatic rings. The second-order valence-electron chi connectivity index (χ2n) is 4.94. The van der Waals surface area contributed by atoms with E-state index in [1.54, 1.807) is 7.11 Å². The van der Waals surface area contributed by atoms with Gasteiger partial charge in [-0.2, -0.15) is 0 Å². The molecule has 84 valence electrons. The van der Waals surface area contributed by atoms with E-state index in [2.05, 4.69) is 20.8 Å². The minimum atomic E-state index is 0.422. The zero-order chi connectivity index (χ0) is 10.6. The maximum Gasteiger partial charge on any atom is 0.146 e. The fourth-order valence-electron chi connectivity index (χ4n) is 2.46. The van der Waals surface area contributed by atoms with Crippen molar-refractivity contribution in [1.82, 2.24) is 0 Å². The van der Waals surface area contributed by atoms with Gasteiger partial charge in [0.15, 0.2) is 0 Å². The molecule has 1 rings (SSSR count). The van der Waals surface area contributed by atoms with Gasteiger partial charge >= 0.3 is 0 Å². The van der Waals surface area contributed by atoms with Crippen molar-refractivity contribution in [3.8, 4) is 0 Å². The van der Waals surface area contributed by atoms with Gasteiger partial charge in [0.1, 0.15) is 6.79 Å². The Morgan fingerprint density at radius 1 is 1.29 bits per heavy atom. The maximum atomic E-state index is 5.73. The van der Waals surface area contributed by atoms with E-state index in [1.807, 2.05) is 0 Å². The molecule has 1 fully saturated rings. The molecule has 0 aromatic carbocycles. The first-order valence-corrected chi connectivity index (χ1v) is 5.75. The van der Waals surface area contributed by atoms with Gasteiger partial charge in [0, 0.05) is 7.11 Å². The summed E-state index contributed by atoms with van der Waals surface area (Å²) < 4.78 is 10.7. The Kier molecular flexibility index (Phi) is 4.90. The lowest BCUT2D eigenvalue weighted by Gasteiger charge is -2.37. The Morgan fingerprint density at radius 2 is 2.00 bits per heavy atom. The van der Waals surface area contributed by atoms with Crippen molar-refractivity contribution < 1.29 is 9.47 Å². The lowest BCUT2D eigenvalue weighted by Crippen LogP contribution is -2.34. The molecule has 0 spiro atoms. The summed E-state index contributed by atoms with van der Waals surface area (Å²) in [6.45, 7) is 7.39. The standard InChI is InChI=1S/C12H24O2/c1-9(2)11-7-10(3)5-6-12(11)14-8-13-4/h9-12H,5-8H2,1-4H3. The highest BCUT2D eigenvalue weighted by Gasteiger charge is 2.31. The third-order valence-corrected chi connectivity index (χ3v) is 3.35. The van der Waals surface area contributed by atoms with Crippen molar-refractivity contribution >= 4 is 0 Å². The van der Waals surface area contributed by atoms with Crippen LogP contribution in [0.2, 0.25) is 0 Å². The third-order valence-electron chi connectivity index (χ3n) is 3.35. The molecule has 1 saturated carbocycles. The number of hydrogen-bond donors (Lipinski definition) is 0. The Labute approximate surface area is 88.0 Å². The van der Waals surface area contributed by atoms with Gasteiger partial charge < -0.3 is 9.47 Å². The minimum absolute atomic E-state index is 0.422. The smallest absolute Gasteiger partial charge is 0.146 e. The Hall–Kier alpha value is -0.0800. The predicted molar refractivity (Wildman–Crippen MR) is 58.1 cm³/mol. The molecule has 0 bridgehead atoms. The van der Waals surface area contributed by atoms with E-state index in [9.17, 15) is 0 Å². The van der Waals surface area contributed by atoms with Crippen LogP contribution in [0.4, 0.5) is 0 Å². The summed E-state index contributed by atoms with van der Waals surface area (Å²) in [6.07, 6.45) is 4.24. The Balaban J connectivity index is 2.45. The average molecular weight is 200 g/mol. The van der Waals surface area contributed by atoms with Gasteiger partial charge in [-0.15, -0.1) is 0 Å². The normalized spacial score (nSPS) is 33.6. The molecule has 0 amide bonds. The summed E-state index contributed by atoms with van der Waals surface area (Å²) in [6, 6.07) is 0. The van der Waals surface area contributed by atoms with Crippen LogP contribution in [0.1, 0.15) is 40.0 Å². The summed E-state index contributed by atoms with van der Waals surface area (Å²) in [5, 5.41) is 0. The molecular weight excluding hydrogens is 176 g/mol. The predicted octanol–water partition coefficient (Wildman–Crippen LogP) is 3.07. The van der Waals surface area contributed by atoms with Crippen LogP contribution in [0, 0.1) is 17.8 Å². The SMILES string of the molecule is COCOC1CCC(C)CC1C(C)C. The molecule has 0 saturated heterocycles. The van der Waals surface area contributed by atoms with Crippen molar-refractivity contribution in [3.63, 3.8) is 0 Å². The maximum absolute atomic E-state index is 5.73. The van der Waals surface area contributed by atoms with Crippen molar-refractivity contribution in [2.75, 3.05) is 13.9 Å². The molecule has 0 radical (unpaired) electrons. The van der Waals surface area contributed by atoms with Crippen molar-refractivity contribution in [3.05, 3.63) is 0 Å². The number of methoxy groups -OCH3 is 1. The van der Waals surface area contributed by atoms with Crippen LogP contribution in [0.15, 0.2) is 0 Å². The molecule has 0 heterocycles. The highest BCUT2D eigenvalue weighted by atomic mass is 16.7. The van der Waals surface area contributed by atoms with Crippen LogP contribution in [-0.4, -0.2) is 20.0 Å². The van der Waals surface area contributed by atoms with E-state index >= 15 is 0 Å². The molecule has 0 aromatic heterocycles. The zero-order valence-corrected chi connectivity index (χ0v) is 9.95. The van der Waals surface area contributed by atoms with E-state index in [1.165, 1.54) is 19.3 Å². The van der Waals surface area contributed by atoms with E-state index in [-0.39, 0.29) is 0 Å². The van der Waals surface area contributed by atoms with Crippen molar-refractivity contribution in [2.45, 2.75) is 46.1 Å². The second-order valence-corrected chi connectivity index (χ2v) is 4.94. The molecule has 0 aliphatic heterocycles. The fraction of sp³-hybridized carbons (Fsp3) is 1.00. The lowest BCUT2D eigenvalue weighted by molar-refractivity contribution is -0.114. The molecular formula is C12H24O2. The fourth-order valence-corrected chi connectivity index (χ4v) is 2.46. The van der Waals surface area contributed by atoms with Crippen LogP contribution >= 0.6 is 0 Å². The zero-order valence-electron chi connectivity index (χ0n) is 9.95. The average Bonchev–Trinajstić information content (AvgIpc) is 2.15. The third kappa shape index (κ3) is 3.25. The summed E-state index contributed by atoms with van der Waals surface area (Å²) in [7, 11) is 1.69. The van der Waals surface area contributed by atoms with Gasteiger partial charge in [0.25, 0.3) is 0 Å². The van der Waals surface area contributed by atoms with Gasteiger partial charge in [0.2, 0.25) is 0 Å². The molecule has 0 N–H and O–H groups in total. The summed E-state index contributed by atoms with van der Waals surface area (Å²) in [5.41, 5.74) is 0. The van der Waals surface area contributed by atoms with E-state index in [0.29, 0.717) is 18.8 Å². The molecule has 2 heteroatoms. The molecule has 1 aliphatic carbocycles. The molecule has 3 unspecified atom stereocenters. The lowest BCUT2D eigenvalue weighted by atomic mass is 9.75. The molecule has 14 heavy (non-hydrogen) atoms. The molecule has 3 atom stereocenters. The van der Waals surface area contributed by atoms with Crippen molar-refractivity contribution in [1.29, 1.82) is 0 Å². The van der Waals surface area contributed by atoms with Crippen LogP contribution < -0.4 is 0 Å². The van der Waals surface area contributed by atoms with Gasteiger partial charge in [-0.3, -0.25) is 0 Å².